The number of aromatic hydroxyl groups is 1. The molecule has 0 spiro atoms. The van der Waals surface area contributed by atoms with E-state index in [2.05, 4.69) is 0 Å². The highest BCUT2D eigenvalue weighted by Gasteiger charge is 2.05. The minimum Gasteiger partial charge on any atom is -0.508 e. The molecule has 2 nitrogen and oxygen atoms in total. The van der Waals surface area contributed by atoms with E-state index in [0.717, 1.165) is 0 Å². The predicted octanol–water partition coefficient (Wildman–Crippen LogP) is 2.49. The zero-order valence-corrected chi connectivity index (χ0v) is 8.19. The molecule has 0 saturated heterocycles. The summed E-state index contributed by atoms with van der Waals surface area (Å²) in [7, 11) is 0. The molecule has 0 aliphatic carbocycles. The molecular formula is C8H11Cl2NO. The van der Waals surface area contributed by atoms with Crippen molar-refractivity contribution in [2.24, 2.45) is 5.73 Å². The van der Waals surface area contributed by atoms with E-state index in [9.17, 15) is 5.11 Å². The van der Waals surface area contributed by atoms with Crippen molar-refractivity contribution in [2.45, 2.75) is 13.0 Å². The molecule has 1 atom stereocenters. The number of halogens is 2. The highest BCUT2D eigenvalue weighted by molar-refractivity contribution is 6.30. The summed E-state index contributed by atoms with van der Waals surface area (Å²) in [5.74, 6) is 0.199. The van der Waals surface area contributed by atoms with E-state index < -0.39 is 0 Å². The minimum atomic E-state index is -0.186. The summed E-state index contributed by atoms with van der Waals surface area (Å²) >= 11 is 5.69. The van der Waals surface area contributed by atoms with Crippen LogP contribution in [0.25, 0.3) is 0 Å². The van der Waals surface area contributed by atoms with Crippen LogP contribution in [0, 0.1) is 0 Å². The van der Waals surface area contributed by atoms with Crippen molar-refractivity contribution in [1.29, 1.82) is 0 Å². The van der Waals surface area contributed by atoms with Gasteiger partial charge in [-0.15, -0.1) is 12.4 Å². The molecule has 4 heteroatoms. The number of hydrogen-bond acceptors (Lipinski definition) is 2. The number of rotatable bonds is 1. The van der Waals surface area contributed by atoms with Crippen LogP contribution in [0.3, 0.4) is 0 Å². The molecule has 0 amide bonds. The van der Waals surface area contributed by atoms with E-state index in [-0.39, 0.29) is 24.2 Å². The summed E-state index contributed by atoms with van der Waals surface area (Å²) < 4.78 is 0. The first kappa shape index (κ1) is 11.6. The van der Waals surface area contributed by atoms with Crippen LogP contribution < -0.4 is 5.73 Å². The van der Waals surface area contributed by atoms with Crippen molar-refractivity contribution in [3.05, 3.63) is 28.8 Å². The number of hydrogen-bond donors (Lipinski definition) is 2. The Morgan fingerprint density at radius 3 is 2.50 bits per heavy atom. The van der Waals surface area contributed by atoms with Gasteiger partial charge < -0.3 is 10.8 Å². The summed E-state index contributed by atoms with van der Waals surface area (Å²) in [5, 5.41) is 9.86. The van der Waals surface area contributed by atoms with Gasteiger partial charge in [0, 0.05) is 16.6 Å². The molecule has 0 aliphatic heterocycles. The highest BCUT2D eigenvalue weighted by atomic mass is 35.5. The van der Waals surface area contributed by atoms with Gasteiger partial charge in [0.2, 0.25) is 0 Å². The molecule has 3 N–H and O–H groups in total. The summed E-state index contributed by atoms with van der Waals surface area (Å²) in [6, 6.07) is 4.65. The summed E-state index contributed by atoms with van der Waals surface area (Å²) in [6.45, 7) is 1.80. The molecular weight excluding hydrogens is 197 g/mol. The van der Waals surface area contributed by atoms with Crippen molar-refractivity contribution in [3.63, 3.8) is 0 Å². The van der Waals surface area contributed by atoms with Crippen LogP contribution in [0.5, 0.6) is 5.75 Å². The maximum Gasteiger partial charge on any atom is 0.120 e. The molecule has 12 heavy (non-hydrogen) atoms. The molecule has 0 bridgehead atoms. The normalized spacial score (nSPS) is 11.9. The van der Waals surface area contributed by atoms with E-state index in [1.807, 2.05) is 0 Å². The van der Waals surface area contributed by atoms with Crippen molar-refractivity contribution in [1.82, 2.24) is 0 Å². The third-order valence-electron chi connectivity index (χ3n) is 1.48. The number of benzene rings is 1. The third-order valence-corrected chi connectivity index (χ3v) is 1.72. The lowest BCUT2D eigenvalue weighted by molar-refractivity contribution is 0.464. The van der Waals surface area contributed by atoms with Gasteiger partial charge in [0.15, 0.2) is 0 Å². The topological polar surface area (TPSA) is 46.2 Å². The first-order valence-corrected chi connectivity index (χ1v) is 3.73. The zero-order chi connectivity index (χ0) is 8.43. The lowest BCUT2D eigenvalue weighted by Gasteiger charge is -2.07. The fraction of sp³-hybridized carbons (Fsp3) is 0.250. The average molecular weight is 208 g/mol. The Bertz CT molecular complexity index is 263. The van der Waals surface area contributed by atoms with Crippen LogP contribution in [-0.2, 0) is 0 Å². The second kappa shape index (κ2) is 4.55. The first-order valence-electron chi connectivity index (χ1n) is 3.35. The Balaban J connectivity index is 0.00000121. The van der Waals surface area contributed by atoms with E-state index in [1.54, 1.807) is 25.1 Å². The highest BCUT2D eigenvalue weighted by Crippen LogP contribution is 2.25. The molecule has 0 fully saturated rings. The van der Waals surface area contributed by atoms with Crippen LogP contribution in [0.4, 0.5) is 0 Å². The van der Waals surface area contributed by atoms with Crippen molar-refractivity contribution in [3.8, 4) is 5.75 Å². The quantitative estimate of drug-likeness (QED) is 0.744. The van der Waals surface area contributed by atoms with Crippen LogP contribution >= 0.6 is 24.0 Å². The first-order chi connectivity index (χ1) is 5.11. The second-order valence-corrected chi connectivity index (χ2v) is 2.93. The van der Waals surface area contributed by atoms with E-state index in [4.69, 9.17) is 17.3 Å². The molecule has 68 valence electrons. The molecule has 0 saturated carbocycles. The summed E-state index contributed by atoms with van der Waals surface area (Å²) in [4.78, 5) is 0. The van der Waals surface area contributed by atoms with Gasteiger partial charge in [-0.25, -0.2) is 0 Å². The van der Waals surface area contributed by atoms with Gasteiger partial charge in [-0.05, 0) is 25.1 Å². The Morgan fingerprint density at radius 2 is 2.08 bits per heavy atom. The maximum absolute atomic E-state index is 9.27. The van der Waals surface area contributed by atoms with E-state index in [0.29, 0.717) is 10.6 Å². The molecule has 0 aromatic heterocycles. The van der Waals surface area contributed by atoms with E-state index in [1.165, 1.54) is 0 Å². The van der Waals surface area contributed by atoms with Gasteiger partial charge in [0.05, 0.1) is 0 Å². The molecule has 0 heterocycles. The van der Waals surface area contributed by atoms with Gasteiger partial charge in [0.25, 0.3) is 0 Å². The van der Waals surface area contributed by atoms with Gasteiger partial charge in [-0.3, -0.25) is 0 Å². The summed E-state index contributed by atoms with van der Waals surface area (Å²) in [5.41, 5.74) is 6.24. The molecule has 1 aromatic carbocycles. The third kappa shape index (κ3) is 2.55. The number of nitrogens with two attached hydrogens (primary N) is 1. The summed E-state index contributed by atoms with van der Waals surface area (Å²) in [6.07, 6.45) is 0. The number of phenols is 1. The van der Waals surface area contributed by atoms with Gasteiger partial charge in [-0.1, -0.05) is 11.6 Å². The van der Waals surface area contributed by atoms with E-state index >= 15 is 0 Å². The van der Waals surface area contributed by atoms with Crippen LogP contribution in [0.1, 0.15) is 18.5 Å². The Hall–Kier alpha value is -0.440. The van der Waals surface area contributed by atoms with Crippen LogP contribution in [0.15, 0.2) is 18.2 Å². The van der Waals surface area contributed by atoms with Gasteiger partial charge >= 0.3 is 0 Å². The zero-order valence-electron chi connectivity index (χ0n) is 6.62. The predicted molar refractivity (Wildman–Crippen MR) is 53.0 cm³/mol. The Morgan fingerprint density at radius 1 is 1.50 bits per heavy atom. The fourth-order valence-corrected chi connectivity index (χ4v) is 1.07. The second-order valence-electron chi connectivity index (χ2n) is 2.49. The number of phenolic OH excluding ortho intramolecular Hbond substituents is 1. The average Bonchev–Trinajstić information content (AvgIpc) is 1.94. The van der Waals surface area contributed by atoms with Gasteiger partial charge in [-0.2, -0.15) is 0 Å². The maximum atomic E-state index is 9.27. The fourth-order valence-electron chi connectivity index (χ4n) is 0.890. The smallest absolute Gasteiger partial charge is 0.120 e. The standard InChI is InChI=1S/C8H10ClNO.ClH/c1-5(10)7-4-6(9)2-3-8(7)11;/h2-5,11H,10H2,1H3;1H. The molecule has 1 aromatic rings. The molecule has 0 radical (unpaired) electrons. The van der Waals surface area contributed by atoms with Crippen LogP contribution in [-0.4, -0.2) is 5.11 Å². The van der Waals surface area contributed by atoms with Gasteiger partial charge in [0.1, 0.15) is 5.75 Å². The monoisotopic (exact) mass is 207 g/mol. The lowest BCUT2D eigenvalue weighted by atomic mass is 10.1. The van der Waals surface area contributed by atoms with Crippen molar-refractivity contribution >= 4 is 24.0 Å². The van der Waals surface area contributed by atoms with Crippen molar-refractivity contribution in [2.75, 3.05) is 0 Å². The SMILES string of the molecule is CC(N)c1cc(Cl)ccc1O.Cl. The largest absolute Gasteiger partial charge is 0.508 e. The van der Waals surface area contributed by atoms with Crippen LogP contribution in [0.2, 0.25) is 5.02 Å². The lowest BCUT2D eigenvalue weighted by Crippen LogP contribution is -2.04. The molecule has 0 aliphatic rings. The minimum absolute atomic E-state index is 0. The molecule has 1 rings (SSSR count). The Labute approximate surface area is 82.8 Å². The molecule has 1 unspecified atom stereocenters. The van der Waals surface area contributed by atoms with Crippen molar-refractivity contribution < 1.29 is 5.11 Å². The Kier molecular flexibility index (Phi) is 4.39.